The van der Waals surface area contributed by atoms with E-state index >= 15 is 0 Å². The molecule has 0 unspecified atom stereocenters. The van der Waals surface area contributed by atoms with Crippen LogP contribution in [0.25, 0.3) is 0 Å². The lowest BCUT2D eigenvalue weighted by Gasteiger charge is -2.09. The van der Waals surface area contributed by atoms with Gasteiger partial charge in [0.15, 0.2) is 0 Å². The molecule has 0 aliphatic heterocycles. The Morgan fingerprint density at radius 2 is 1.52 bits per heavy atom. The number of hydrogen-bond acceptors (Lipinski definition) is 4. The Balaban J connectivity index is 1.36. The summed E-state index contributed by atoms with van der Waals surface area (Å²) >= 11 is 0. The first-order chi connectivity index (χ1) is 14.2. The van der Waals surface area contributed by atoms with Gasteiger partial charge in [0.2, 0.25) is 5.91 Å². The van der Waals surface area contributed by atoms with Gasteiger partial charge in [-0.2, -0.15) is 0 Å². The van der Waals surface area contributed by atoms with Gasteiger partial charge in [-0.05, 0) is 47.5 Å². The van der Waals surface area contributed by atoms with E-state index in [2.05, 4.69) is 22.8 Å². The number of carbonyl (C=O) groups excluding carboxylic acids is 1. The zero-order valence-corrected chi connectivity index (χ0v) is 16.6. The van der Waals surface area contributed by atoms with Crippen LogP contribution in [-0.2, 0) is 17.8 Å². The molecular formula is C24H26N2O3. The number of anilines is 1. The van der Waals surface area contributed by atoms with Crippen LogP contribution in [0.1, 0.15) is 11.1 Å². The van der Waals surface area contributed by atoms with Crippen LogP contribution in [0, 0.1) is 0 Å². The van der Waals surface area contributed by atoms with E-state index in [1.54, 1.807) is 7.11 Å². The van der Waals surface area contributed by atoms with Gasteiger partial charge >= 0.3 is 0 Å². The second kappa shape index (κ2) is 10.9. The van der Waals surface area contributed by atoms with Crippen LogP contribution >= 0.6 is 0 Å². The van der Waals surface area contributed by atoms with Gasteiger partial charge in [0.1, 0.15) is 11.5 Å². The third-order valence-electron chi connectivity index (χ3n) is 4.41. The SMILES string of the molecule is COc1ccc(CNCC(=O)Nc2ccc(OCCc3ccccc3)cc2)cc1. The molecule has 0 aliphatic carbocycles. The summed E-state index contributed by atoms with van der Waals surface area (Å²) in [6.07, 6.45) is 0.860. The van der Waals surface area contributed by atoms with E-state index in [0.29, 0.717) is 13.2 Å². The zero-order chi connectivity index (χ0) is 20.3. The van der Waals surface area contributed by atoms with E-state index in [4.69, 9.17) is 9.47 Å². The third kappa shape index (κ3) is 6.97. The summed E-state index contributed by atoms with van der Waals surface area (Å²) in [4.78, 5) is 12.1. The average molecular weight is 390 g/mol. The summed E-state index contributed by atoms with van der Waals surface area (Å²) in [5.74, 6) is 1.52. The Morgan fingerprint density at radius 3 is 2.21 bits per heavy atom. The highest BCUT2D eigenvalue weighted by atomic mass is 16.5. The number of methoxy groups -OCH3 is 1. The molecule has 0 bridgehead atoms. The van der Waals surface area contributed by atoms with Crippen molar-refractivity contribution in [3.8, 4) is 11.5 Å². The molecule has 0 saturated heterocycles. The van der Waals surface area contributed by atoms with E-state index in [9.17, 15) is 4.79 Å². The Hall–Kier alpha value is -3.31. The molecule has 29 heavy (non-hydrogen) atoms. The van der Waals surface area contributed by atoms with E-state index in [1.165, 1.54) is 5.56 Å². The molecule has 0 heterocycles. The van der Waals surface area contributed by atoms with Crippen LogP contribution in [0.15, 0.2) is 78.9 Å². The molecule has 5 nitrogen and oxygen atoms in total. The summed E-state index contributed by atoms with van der Waals surface area (Å²) in [5, 5.41) is 6.02. The molecular weight excluding hydrogens is 364 g/mol. The van der Waals surface area contributed by atoms with Gasteiger partial charge in [0, 0.05) is 18.7 Å². The van der Waals surface area contributed by atoms with E-state index in [0.717, 1.165) is 29.2 Å². The smallest absolute Gasteiger partial charge is 0.238 e. The van der Waals surface area contributed by atoms with Crippen LogP contribution in [-0.4, -0.2) is 26.2 Å². The first-order valence-corrected chi connectivity index (χ1v) is 9.63. The summed E-state index contributed by atoms with van der Waals surface area (Å²) in [6, 6.07) is 25.4. The molecule has 0 aliphatic rings. The van der Waals surface area contributed by atoms with Crippen LogP contribution in [0.3, 0.4) is 0 Å². The lowest BCUT2D eigenvalue weighted by atomic mass is 10.2. The van der Waals surface area contributed by atoms with Crippen molar-refractivity contribution >= 4 is 11.6 Å². The van der Waals surface area contributed by atoms with Crippen LogP contribution in [0.5, 0.6) is 11.5 Å². The highest BCUT2D eigenvalue weighted by molar-refractivity contribution is 5.92. The van der Waals surface area contributed by atoms with Crippen LogP contribution in [0.2, 0.25) is 0 Å². The minimum atomic E-state index is -0.0868. The Morgan fingerprint density at radius 1 is 0.828 bits per heavy atom. The first kappa shape index (κ1) is 20.4. The topological polar surface area (TPSA) is 59.6 Å². The quantitative estimate of drug-likeness (QED) is 0.548. The second-order valence-corrected chi connectivity index (χ2v) is 6.61. The predicted molar refractivity (Wildman–Crippen MR) is 115 cm³/mol. The monoisotopic (exact) mass is 390 g/mol. The molecule has 5 heteroatoms. The number of nitrogens with one attached hydrogen (secondary N) is 2. The average Bonchev–Trinajstić information content (AvgIpc) is 2.76. The summed E-state index contributed by atoms with van der Waals surface area (Å²) in [5.41, 5.74) is 3.09. The van der Waals surface area contributed by atoms with Crippen molar-refractivity contribution in [3.05, 3.63) is 90.0 Å². The summed E-state index contributed by atoms with van der Waals surface area (Å²) in [7, 11) is 1.64. The molecule has 150 valence electrons. The molecule has 0 spiro atoms. The number of hydrogen-bond donors (Lipinski definition) is 2. The van der Waals surface area contributed by atoms with Crippen molar-refractivity contribution in [1.82, 2.24) is 5.32 Å². The molecule has 0 saturated carbocycles. The molecule has 0 fully saturated rings. The fourth-order valence-electron chi connectivity index (χ4n) is 2.83. The van der Waals surface area contributed by atoms with Crippen molar-refractivity contribution < 1.29 is 14.3 Å². The fourth-order valence-corrected chi connectivity index (χ4v) is 2.83. The molecule has 0 atom stereocenters. The number of ether oxygens (including phenoxy) is 2. The zero-order valence-electron chi connectivity index (χ0n) is 16.6. The predicted octanol–water partition coefficient (Wildman–Crippen LogP) is 4.05. The molecule has 1 amide bonds. The lowest BCUT2D eigenvalue weighted by molar-refractivity contribution is -0.115. The minimum Gasteiger partial charge on any atom is -0.497 e. The van der Waals surface area contributed by atoms with Crippen LogP contribution < -0.4 is 20.1 Å². The number of carbonyl (C=O) groups is 1. The van der Waals surface area contributed by atoms with E-state index in [1.807, 2.05) is 66.7 Å². The van der Waals surface area contributed by atoms with Gasteiger partial charge < -0.3 is 20.1 Å². The van der Waals surface area contributed by atoms with E-state index < -0.39 is 0 Å². The van der Waals surface area contributed by atoms with Gasteiger partial charge in [-0.3, -0.25) is 4.79 Å². The van der Waals surface area contributed by atoms with Gasteiger partial charge in [0.05, 0.1) is 20.3 Å². The lowest BCUT2D eigenvalue weighted by Crippen LogP contribution is -2.27. The normalized spacial score (nSPS) is 10.4. The molecule has 0 aromatic heterocycles. The van der Waals surface area contributed by atoms with Gasteiger partial charge in [-0.15, -0.1) is 0 Å². The third-order valence-corrected chi connectivity index (χ3v) is 4.41. The first-order valence-electron chi connectivity index (χ1n) is 9.63. The number of rotatable bonds is 10. The maximum Gasteiger partial charge on any atom is 0.238 e. The maximum atomic E-state index is 12.1. The maximum absolute atomic E-state index is 12.1. The highest BCUT2D eigenvalue weighted by Gasteiger charge is 2.03. The van der Waals surface area contributed by atoms with E-state index in [-0.39, 0.29) is 12.5 Å². The van der Waals surface area contributed by atoms with Crippen molar-refractivity contribution in [3.63, 3.8) is 0 Å². The van der Waals surface area contributed by atoms with Gasteiger partial charge in [-0.25, -0.2) is 0 Å². The second-order valence-electron chi connectivity index (χ2n) is 6.61. The molecule has 3 rings (SSSR count). The largest absolute Gasteiger partial charge is 0.497 e. The van der Waals surface area contributed by atoms with Crippen molar-refractivity contribution in [2.45, 2.75) is 13.0 Å². The number of amides is 1. The van der Waals surface area contributed by atoms with Crippen LogP contribution in [0.4, 0.5) is 5.69 Å². The Labute approximate surface area is 171 Å². The molecule has 0 radical (unpaired) electrons. The fraction of sp³-hybridized carbons (Fsp3) is 0.208. The summed E-state index contributed by atoms with van der Waals surface area (Å²) in [6.45, 7) is 1.47. The molecule has 3 aromatic carbocycles. The Bertz CT molecular complexity index is 878. The van der Waals surface area contributed by atoms with Gasteiger partial charge in [0.25, 0.3) is 0 Å². The standard InChI is InChI=1S/C24H26N2O3/c1-28-22-11-7-20(8-12-22)17-25-18-24(27)26-21-9-13-23(14-10-21)29-16-15-19-5-3-2-4-6-19/h2-14,25H,15-18H2,1H3,(H,26,27). The molecule has 2 N–H and O–H groups in total. The minimum absolute atomic E-state index is 0.0868. The van der Waals surface area contributed by atoms with Crippen molar-refractivity contribution in [2.75, 3.05) is 25.6 Å². The van der Waals surface area contributed by atoms with Gasteiger partial charge in [-0.1, -0.05) is 42.5 Å². The highest BCUT2D eigenvalue weighted by Crippen LogP contribution is 2.16. The van der Waals surface area contributed by atoms with Crippen molar-refractivity contribution in [1.29, 1.82) is 0 Å². The molecule has 3 aromatic rings. The number of benzene rings is 3. The summed E-state index contributed by atoms with van der Waals surface area (Å²) < 4.78 is 10.9. The van der Waals surface area contributed by atoms with Crippen molar-refractivity contribution in [2.24, 2.45) is 0 Å². The Kier molecular flexibility index (Phi) is 7.66.